The highest BCUT2D eigenvalue weighted by molar-refractivity contribution is 5.32. The van der Waals surface area contributed by atoms with Crippen molar-refractivity contribution >= 4 is 0 Å². The zero-order chi connectivity index (χ0) is 13.9. The highest BCUT2D eigenvalue weighted by atomic mass is 16.5. The second-order valence-electron chi connectivity index (χ2n) is 4.75. The molecule has 0 aliphatic rings. The summed E-state index contributed by atoms with van der Waals surface area (Å²) >= 11 is 0. The average molecular weight is 260 g/mol. The molecule has 1 aromatic heterocycles. The third-order valence-electron chi connectivity index (χ3n) is 3.72. The molecule has 0 aliphatic carbocycles. The van der Waals surface area contributed by atoms with Gasteiger partial charge in [-0.2, -0.15) is 0 Å². The minimum Gasteiger partial charge on any atom is -0.376 e. The van der Waals surface area contributed by atoms with E-state index >= 15 is 0 Å². The Labute approximate surface area is 113 Å². The summed E-state index contributed by atoms with van der Waals surface area (Å²) in [6.45, 7) is 4.06. The van der Waals surface area contributed by atoms with E-state index in [1.54, 1.807) is 18.0 Å². The number of rotatable bonds is 5. The highest BCUT2D eigenvalue weighted by Crippen LogP contribution is 2.29. The van der Waals surface area contributed by atoms with Crippen LogP contribution in [0.15, 0.2) is 36.5 Å². The minimum atomic E-state index is -0.436. The van der Waals surface area contributed by atoms with E-state index in [1.807, 2.05) is 37.3 Å². The molecule has 19 heavy (non-hydrogen) atoms. The fourth-order valence-corrected chi connectivity index (χ4v) is 2.03. The van der Waals surface area contributed by atoms with E-state index < -0.39 is 5.60 Å². The molecule has 2 unspecified atom stereocenters. The van der Waals surface area contributed by atoms with Crippen molar-refractivity contribution in [2.45, 2.75) is 31.9 Å². The van der Waals surface area contributed by atoms with Crippen LogP contribution in [-0.2, 0) is 4.74 Å². The van der Waals surface area contributed by atoms with E-state index in [2.05, 4.69) is 17.2 Å². The molecular weight excluding hydrogens is 240 g/mol. The highest BCUT2D eigenvalue weighted by Gasteiger charge is 2.33. The molecule has 2 N–H and O–H groups in total. The number of hydrogen-bond donors (Lipinski definition) is 1. The van der Waals surface area contributed by atoms with Gasteiger partial charge in [0.05, 0.1) is 29.2 Å². The second-order valence-corrected chi connectivity index (χ2v) is 4.75. The molecule has 0 radical (unpaired) electrons. The summed E-state index contributed by atoms with van der Waals surface area (Å²) in [4.78, 5) is 0. The third kappa shape index (κ3) is 2.52. The molecule has 0 saturated carbocycles. The Balaban J connectivity index is 2.40. The van der Waals surface area contributed by atoms with Crippen LogP contribution < -0.4 is 5.73 Å². The first-order chi connectivity index (χ1) is 9.12. The molecule has 0 aliphatic heterocycles. The van der Waals surface area contributed by atoms with Crippen molar-refractivity contribution in [1.82, 2.24) is 15.0 Å². The fraction of sp³-hybridized carbons (Fsp3) is 0.429. The Morgan fingerprint density at radius 2 is 2.05 bits per heavy atom. The number of benzene rings is 1. The summed E-state index contributed by atoms with van der Waals surface area (Å²) in [7, 11) is 1.68. The summed E-state index contributed by atoms with van der Waals surface area (Å²) in [5.74, 6) is 0. The van der Waals surface area contributed by atoms with Gasteiger partial charge in [-0.15, -0.1) is 5.10 Å². The summed E-state index contributed by atoms with van der Waals surface area (Å²) in [5, 5.41) is 8.10. The molecule has 0 spiro atoms. The van der Waals surface area contributed by atoms with Gasteiger partial charge in [0.15, 0.2) is 0 Å². The molecule has 0 fully saturated rings. The van der Waals surface area contributed by atoms with Crippen LogP contribution in [0.25, 0.3) is 5.69 Å². The van der Waals surface area contributed by atoms with Gasteiger partial charge >= 0.3 is 0 Å². The lowest BCUT2D eigenvalue weighted by molar-refractivity contribution is -0.0210. The topological polar surface area (TPSA) is 66.0 Å². The smallest absolute Gasteiger partial charge is 0.0855 e. The first kappa shape index (κ1) is 13.7. The summed E-state index contributed by atoms with van der Waals surface area (Å²) in [6, 6.07) is 9.54. The average Bonchev–Trinajstić information content (AvgIpc) is 2.95. The van der Waals surface area contributed by atoms with Gasteiger partial charge in [0.2, 0.25) is 0 Å². The predicted octanol–water partition coefficient (Wildman–Crippen LogP) is 2.08. The molecule has 2 rings (SSSR count). The van der Waals surface area contributed by atoms with Crippen molar-refractivity contribution in [3.05, 3.63) is 42.2 Å². The predicted molar refractivity (Wildman–Crippen MR) is 74.0 cm³/mol. The van der Waals surface area contributed by atoms with Gasteiger partial charge in [-0.25, -0.2) is 4.68 Å². The number of aromatic nitrogens is 3. The molecule has 102 valence electrons. The van der Waals surface area contributed by atoms with Crippen LogP contribution in [0.2, 0.25) is 0 Å². The molecule has 0 bridgehead atoms. The lowest BCUT2D eigenvalue weighted by Gasteiger charge is -2.33. The van der Waals surface area contributed by atoms with E-state index in [4.69, 9.17) is 10.5 Å². The maximum atomic E-state index is 6.35. The van der Waals surface area contributed by atoms with Crippen molar-refractivity contribution in [3.8, 4) is 5.69 Å². The minimum absolute atomic E-state index is 0.294. The van der Waals surface area contributed by atoms with E-state index in [0.29, 0.717) is 0 Å². The zero-order valence-corrected chi connectivity index (χ0v) is 11.6. The van der Waals surface area contributed by atoms with Crippen molar-refractivity contribution in [3.63, 3.8) is 0 Å². The number of nitrogens with zero attached hydrogens (tertiary/aromatic N) is 3. The van der Waals surface area contributed by atoms with Crippen LogP contribution in [0, 0.1) is 0 Å². The first-order valence-corrected chi connectivity index (χ1v) is 6.39. The van der Waals surface area contributed by atoms with Gasteiger partial charge < -0.3 is 10.5 Å². The second kappa shape index (κ2) is 5.50. The molecular formula is C14H20N4O. The maximum Gasteiger partial charge on any atom is 0.0855 e. The number of methoxy groups -OCH3 is 1. The van der Waals surface area contributed by atoms with Crippen LogP contribution >= 0.6 is 0 Å². The number of hydrogen-bond acceptors (Lipinski definition) is 4. The van der Waals surface area contributed by atoms with Crippen molar-refractivity contribution in [1.29, 1.82) is 0 Å². The lowest BCUT2D eigenvalue weighted by Crippen LogP contribution is -2.40. The van der Waals surface area contributed by atoms with Gasteiger partial charge in [-0.3, -0.25) is 0 Å². The van der Waals surface area contributed by atoms with E-state index in [0.717, 1.165) is 17.8 Å². The van der Waals surface area contributed by atoms with Gasteiger partial charge in [0, 0.05) is 7.11 Å². The third-order valence-corrected chi connectivity index (χ3v) is 3.72. The van der Waals surface area contributed by atoms with Gasteiger partial charge in [0.25, 0.3) is 0 Å². The Hall–Kier alpha value is -1.72. The lowest BCUT2D eigenvalue weighted by atomic mass is 9.91. The summed E-state index contributed by atoms with van der Waals surface area (Å²) in [5.41, 5.74) is 7.70. The Bertz CT molecular complexity index is 519. The van der Waals surface area contributed by atoms with Crippen LogP contribution in [0.5, 0.6) is 0 Å². The van der Waals surface area contributed by atoms with Crippen molar-refractivity contribution < 1.29 is 4.74 Å². The largest absolute Gasteiger partial charge is 0.376 e. The summed E-state index contributed by atoms with van der Waals surface area (Å²) < 4.78 is 7.33. The number of para-hydroxylation sites is 1. The number of ether oxygens (including phenoxy) is 1. The molecule has 5 heteroatoms. The van der Waals surface area contributed by atoms with Crippen molar-refractivity contribution in [2.75, 3.05) is 7.11 Å². The van der Waals surface area contributed by atoms with E-state index in [1.165, 1.54) is 0 Å². The fourth-order valence-electron chi connectivity index (χ4n) is 2.03. The van der Waals surface area contributed by atoms with Crippen molar-refractivity contribution in [2.24, 2.45) is 5.73 Å². The van der Waals surface area contributed by atoms with E-state index in [9.17, 15) is 0 Å². The summed E-state index contributed by atoms with van der Waals surface area (Å²) in [6.07, 6.45) is 2.51. The molecule has 1 aromatic carbocycles. The Morgan fingerprint density at radius 1 is 1.37 bits per heavy atom. The monoisotopic (exact) mass is 260 g/mol. The molecule has 5 nitrogen and oxygen atoms in total. The quantitative estimate of drug-likeness (QED) is 0.894. The maximum absolute atomic E-state index is 6.35. The SMILES string of the molecule is CCC(C)(OC)C(N)c1cnnn1-c1ccccc1. The van der Waals surface area contributed by atoms with Crippen LogP contribution in [0.4, 0.5) is 0 Å². The zero-order valence-electron chi connectivity index (χ0n) is 11.6. The molecule has 2 atom stereocenters. The number of nitrogens with two attached hydrogens (primary N) is 1. The van der Waals surface area contributed by atoms with Gasteiger partial charge in [-0.1, -0.05) is 30.3 Å². The first-order valence-electron chi connectivity index (χ1n) is 6.39. The standard InChI is InChI=1S/C14H20N4O/c1-4-14(2,19-3)13(15)12-10-16-17-18(12)11-8-6-5-7-9-11/h5-10,13H,4,15H2,1-3H3. The molecule has 1 heterocycles. The van der Waals surface area contributed by atoms with Crippen LogP contribution in [-0.4, -0.2) is 27.7 Å². The molecule has 2 aromatic rings. The van der Waals surface area contributed by atoms with Crippen LogP contribution in [0.3, 0.4) is 0 Å². The normalized spacial score (nSPS) is 16.0. The van der Waals surface area contributed by atoms with Crippen LogP contribution in [0.1, 0.15) is 32.0 Å². The molecule has 0 amide bonds. The molecule has 0 saturated heterocycles. The van der Waals surface area contributed by atoms with Gasteiger partial charge in [0.1, 0.15) is 0 Å². The van der Waals surface area contributed by atoms with Gasteiger partial charge in [-0.05, 0) is 25.5 Å². The Kier molecular flexibility index (Phi) is 3.97. The Morgan fingerprint density at radius 3 is 2.63 bits per heavy atom. The van der Waals surface area contributed by atoms with E-state index in [-0.39, 0.29) is 6.04 Å².